The number of sulfone groups is 1. The lowest BCUT2D eigenvalue weighted by Gasteiger charge is -2.31. The van der Waals surface area contributed by atoms with Gasteiger partial charge >= 0.3 is 0 Å². The normalized spacial score (nSPS) is 16.1. The third-order valence-electron chi connectivity index (χ3n) is 5.08. The number of hydrogen-bond donors (Lipinski definition) is 0. The summed E-state index contributed by atoms with van der Waals surface area (Å²) in [6.45, 7) is 4.49. The molecule has 0 amide bonds. The van der Waals surface area contributed by atoms with Gasteiger partial charge in [0.25, 0.3) is 0 Å². The van der Waals surface area contributed by atoms with E-state index in [1.54, 1.807) is 13.0 Å². The molecule has 0 unspecified atom stereocenters. The number of ether oxygens (including phenoxy) is 1. The van der Waals surface area contributed by atoms with Gasteiger partial charge < -0.3 is 4.74 Å². The van der Waals surface area contributed by atoms with Gasteiger partial charge in [0, 0.05) is 11.8 Å². The molecule has 1 aliphatic heterocycles. The molecule has 0 radical (unpaired) electrons. The van der Waals surface area contributed by atoms with E-state index in [4.69, 9.17) is 4.74 Å². The van der Waals surface area contributed by atoms with Gasteiger partial charge in [0.1, 0.15) is 11.5 Å². The quantitative estimate of drug-likeness (QED) is 0.711. The predicted molar refractivity (Wildman–Crippen MR) is 110 cm³/mol. The molecule has 1 fully saturated rings. The summed E-state index contributed by atoms with van der Waals surface area (Å²) < 4.78 is 30.6. The fourth-order valence-electron chi connectivity index (χ4n) is 3.60. The summed E-state index contributed by atoms with van der Waals surface area (Å²) in [6.07, 6.45) is 3.19. The molecule has 2 aromatic carbocycles. The van der Waals surface area contributed by atoms with E-state index in [-0.39, 0.29) is 10.7 Å². The Morgan fingerprint density at radius 2 is 1.79 bits per heavy atom. The van der Waals surface area contributed by atoms with Crippen LogP contribution < -0.4 is 4.74 Å². The zero-order valence-corrected chi connectivity index (χ0v) is 17.2. The number of piperidine rings is 1. The summed E-state index contributed by atoms with van der Waals surface area (Å²) in [4.78, 5) is 13.7. The van der Waals surface area contributed by atoms with Crippen LogP contribution in [0.25, 0.3) is 11.1 Å². The largest absolute Gasteiger partial charge is 0.493 e. The second kappa shape index (κ2) is 8.88. The number of ketones is 1. The van der Waals surface area contributed by atoms with Crippen molar-refractivity contribution in [1.29, 1.82) is 0 Å². The Hall–Kier alpha value is -2.18. The Labute approximate surface area is 167 Å². The molecule has 2 aromatic rings. The molecule has 1 saturated heterocycles. The lowest BCUT2D eigenvalue weighted by Crippen LogP contribution is -2.38. The van der Waals surface area contributed by atoms with Gasteiger partial charge in [-0.1, -0.05) is 30.3 Å². The minimum Gasteiger partial charge on any atom is -0.493 e. The zero-order valence-electron chi connectivity index (χ0n) is 16.4. The van der Waals surface area contributed by atoms with Crippen molar-refractivity contribution in [2.75, 3.05) is 32.5 Å². The molecule has 0 N–H and O–H groups in total. The molecule has 0 bridgehead atoms. The first-order chi connectivity index (χ1) is 13.3. The number of nitrogens with zero attached hydrogens (tertiary/aromatic N) is 1. The summed E-state index contributed by atoms with van der Waals surface area (Å²) in [6, 6.07) is 14.8. The van der Waals surface area contributed by atoms with Gasteiger partial charge in [-0.15, -0.1) is 0 Å². The molecule has 5 nitrogen and oxygen atoms in total. The predicted octanol–water partition coefficient (Wildman–Crippen LogP) is 3.44. The molecule has 1 aliphatic rings. The standard InChI is InChI=1S/C22H27NO4S/c1-17(24)15-23-12-10-18(11-13-23)16-27-20-8-9-21(19-6-4-3-5-7-19)22(14-20)28(2,25)26/h3-9,14,18H,10-13,15-16H2,1-2H3. The van der Waals surface area contributed by atoms with E-state index in [1.807, 2.05) is 42.5 Å². The van der Waals surface area contributed by atoms with Crippen molar-refractivity contribution in [1.82, 2.24) is 4.90 Å². The van der Waals surface area contributed by atoms with Crippen LogP contribution in [0.4, 0.5) is 0 Å². The summed E-state index contributed by atoms with van der Waals surface area (Å²) >= 11 is 0. The molecule has 28 heavy (non-hydrogen) atoms. The molecular formula is C22H27NO4S. The molecular weight excluding hydrogens is 374 g/mol. The van der Waals surface area contributed by atoms with Crippen LogP contribution in [0, 0.1) is 5.92 Å². The molecule has 0 atom stereocenters. The van der Waals surface area contributed by atoms with Crippen molar-refractivity contribution in [2.45, 2.75) is 24.7 Å². The monoisotopic (exact) mass is 401 g/mol. The fraction of sp³-hybridized carbons (Fsp3) is 0.409. The first-order valence-corrected chi connectivity index (χ1v) is 11.5. The Bertz CT molecular complexity index is 917. The van der Waals surface area contributed by atoms with Gasteiger partial charge in [-0.3, -0.25) is 9.69 Å². The second-order valence-corrected chi connectivity index (χ2v) is 9.51. The van der Waals surface area contributed by atoms with E-state index in [0.717, 1.165) is 31.5 Å². The number of Topliss-reactive ketones (excluding diaryl/α,β-unsaturated/α-hetero) is 1. The molecule has 0 aromatic heterocycles. The van der Waals surface area contributed by atoms with E-state index in [2.05, 4.69) is 4.90 Å². The van der Waals surface area contributed by atoms with Gasteiger partial charge in [-0.25, -0.2) is 8.42 Å². The van der Waals surface area contributed by atoms with Crippen LogP contribution in [0.3, 0.4) is 0 Å². The number of carbonyl (C=O) groups is 1. The van der Waals surface area contributed by atoms with Crippen LogP contribution in [0.1, 0.15) is 19.8 Å². The smallest absolute Gasteiger partial charge is 0.176 e. The minimum atomic E-state index is -3.38. The van der Waals surface area contributed by atoms with Crippen molar-refractivity contribution < 1.29 is 17.9 Å². The summed E-state index contributed by atoms with van der Waals surface area (Å²) in [5, 5.41) is 0. The third kappa shape index (κ3) is 5.42. The molecule has 150 valence electrons. The molecule has 0 aliphatic carbocycles. The summed E-state index contributed by atoms with van der Waals surface area (Å²) in [7, 11) is -3.38. The highest BCUT2D eigenvalue weighted by Crippen LogP contribution is 2.31. The number of rotatable bonds is 7. The fourth-order valence-corrected chi connectivity index (χ4v) is 4.51. The first-order valence-electron chi connectivity index (χ1n) is 9.57. The van der Waals surface area contributed by atoms with E-state index in [1.165, 1.54) is 6.26 Å². The van der Waals surface area contributed by atoms with Gasteiger partial charge in [0.05, 0.1) is 18.0 Å². The van der Waals surface area contributed by atoms with Crippen molar-refractivity contribution >= 4 is 15.6 Å². The lowest BCUT2D eigenvalue weighted by atomic mass is 9.97. The average molecular weight is 402 g/mol. The molecule has 1 heterocycles. The van der Waals surface area contributed by atoms with Crippen LogP contribution >= 0.6 is 0 Å². The summed E-state index contributed by atoms with van der Waals surface area (Å²) in [5.41, 5.74) is 1.56. The number of likely N-dealkylation sites (tertiary alicyclic amines) is 1. The molecule has 3 rings (SSSR count). The SMILES string of the molecule is CC(=O)CN1CCC(COc2ccc(-c3ccccc3)c(S(C)(=O)=O)c2)CC1. The van der Waals surface area contributed by atoms with Gasteiger partial charge in [0.2, 0.25) is 0 Å². The zero-order chi connectivity index (χ0) is 20.1. The Balaban J connectivity index is 1.68. The minimum absolute atomic E-state index is 0.196. The van der Waals surface area contributed by atoms with E-state index in [9.17, 15) is 13.2 Å². The summed E-state index contributed by atoms with van der Waals surface area (Å²) in [5.74, 6) is 1.19. The Morgan fingerprint density at radius 1 is 1.11 bits per heavy atom. The first kappa shape index (κ1) is 20.6. The highest BCUT2D eigenvalue weighted by molar-refractivity contribution is 7.90. The van der Waals surface area contributed by atoms with Crippen molar-refractivity contribution in [3.05, 3.63) is 48.5 Å². The molecule has 0 saturated carbocycles. The average Bonchev–Trinajstić information content (AvgIpc) is 2.67. The van der Waals surface area contributed by atoms with Crippen LogP contribution in [0.15, 0.2) is 53.4 Å². The van der Waals surface area contributed by atoms with Gasteiger partial charge in [-0.2, -0.15) is 0 Å². The van der Waals surface area contributed by atoms with Crippen molar-refractivity contribution in [2.24, 2.45) is 5.92 Å². The van der Waals surface area contributed by atoms with Crippen LogP contribution in [0.2, 0.25) is 0 Å². The van der Waals surface area contributed by atoms with Crippen LogP contribution in [-0.2, 0) is 14.6 Å². The Morgan fingerprint density at radius 3 is 2.39 bits per heavy atom. The van der Waals surface area contributed by atoms with Crippen LogP contribution in [-0.4, -0.2) is 51.6 Å². The topological polar surface area (TPSA) is 63.7 Å². The number of hydrogen-bond acceptors (Lipinski definition) is 5. The van der Waals surface area contributed by atoms with E-state index in [0.29, 0.717) is 30.4 Å². The second-order valence-electron chi connectivity index (χ2n) is 7.53. The number of carbonyl (C=O) groups excluding carboxylic acids is 1. The van der Waals surface area contributed by atoms with Gasteiger partial charge in [0.15, 0.2) is 9.84 Å². The van der Waals surface area contributed by atoms with Crippen LogP contribution in [0.5, 0.6) is 5.75 Å². The van der Waals surface area contributed by atoms with Gasteiger partial charge in [-0.05, 0) is 62.5 Å². The molecule has 0 spiro atoms. The molecule has 6 heteroatoms. The maximum atomic E-state index is 12.3. The maximum absolute atomic E-state index is 12.3. The number of benzene rings is 2. The van der Waals surface area contributed by atoms with E-state index < -0.39 is 9.84 Å². The van der Waals surface area contributed by atoms with Crippen molar-refractivity contribution in [3.63, 3.8) is 0 Å². The lowest BCUT2D eigenvalue weighted by molar-refractivity contribution is -0.118. The van der Waals surface area contributed by atoms with E-state index >= 15 is 0 Å². The highest BCUT2D eigenvalue weighted by Gasteiger charge is 2.21. The Kier molecular flexibility index (Phi) is 6.52. The maximum Gasteiger partial charge on any atom is 0.176 e. The van der Waals surface area contributed by atoms with Crippen molar-refractivity contribution in [3.8, 4) is 16.9 Å². The third-order valence-corrected chi connectivity index (χ3v) is 6.21. The highest BCUT2D eigenvalue weighted by atomic mass is 32.2.